The zero-order valence-corrected chi connectivity index (χ0v) is 12.5. The fraction of sp³-hybridized carbons (Fsp3) is 0.235. The van der Waals surface area contributed by atoms with Crippen LogP contribution in [0.2, 0.25) is 0 Å². The van der Waals surface area contributed by atoms with Crippen LogP contribution in [0.15, 0.2) is 54.6 Å². The third-order valence-corrected chi connectivity index (χ3v) is 2.94. The van der Waals surface area contributed by atoms with Crippen LogP contribution in [0, 0.1) is 0 Å². The predicted molar refractivity (Wildman–Crippen MR) is 86.9 cm³/mol. The lowest BCUT2D eigenvalue weighted by atomic mass is 10.2. The largest absolute Gasteiger partial charge is 0.465 e. The van der Waals surface area contributed by atoms with Crippen molar-refractivity contribution in [2.24, 2.45) is 0 Å². The van der Waals surface area contributed by atoms with Crippen molar-refractivity contribution in [1.82, 2.24) is 0 Å². The van der Waals surface area contributed by atoms with Gasteiger partial charge in [0, 0.05) is 31.3 Å². The van der Waals surface area contributed by atoms with E-state index in [1.54, 1.807) is 12.1 Å². The van der Waals surface area contributed by atoms with Gasteiger partial charge in [0.05, 0.1) is 0 Å². The van der Waals surface area contributed by atoms with Crippen LogP contribution in [-0.4, -0.2) is 23.8 Å². The predicted octanol–water partition coefficient (Wildman–Crippen LogP) is 2.84. The number of carbonyl (C=O) groups excluding carboxylic acids is 1. The minimum atomic E-state index is -0.853. The van der Waals surface area contributed by atoms with Crippen molar-refractivity contribution in [2.45, 2.75) is 19.6 Å². The van der Waals surface area contributed by atoms with E-state index in [9.17, 15) is 9.90 Å². The van der Waals surface area contributed by atoms with Crippen LogP contribution in [0.25, 0.3) is 0 Å². The first-order valence-corrected chi connectivity index (χ1v) is 7.15. The minimum absolute atomic E-state index is 0.0955. The van der Waals surface area contributed by atoms with E-state index in [2.05, 4.69) is 10.6 Å². The highest BCUT2D eigenvalue weighted by Crippen LogP contribution is 2.14. The number of ether oxygens (including phenoxy) is 1. The van der Waals surface area contributed by atoms with E-state index in [4.69, 9.17) is 4.74 Å². The van der Waals surface area contributed by atoms with Gasteiger partial charge >= 0.3 is 0 Å². The highest BCUT2D eigenvalue weighted by molar-refractivity contribution is 5.88. The summed E-state index contributed by atoms with van der Waals surface area (Å²) < 4.78 is 5.38. The molecule has 0 unspecified atom stereocenters. The van der Waals surface area contributed by atoms with Crippen LogP contribution in [0.4, 0.5) is 11.4 Å². The standard InChI is InChI=1S/C17H20N2O3/c1-13(20)19-15-9-7-14(8-10-15)18-12-11-17(21)22-16-5-3-2-4-6-16/h2-10,17-18,21H,11-12H2,1H3,(H,19,20)/t17-/m1/s1. The summed E-state index contributed by atoms with van der Waals surface area (Å²) in [5.41, 5.74) is 1.67. The number of aliphatic hydroxyl groups is 1. The molecule has 0 fully saturated rings. The molecular formula is C17H20N2O3. The van der Waals surface area contributed by atoms with Crippen molar-refractivity contribution in [1.29, 1.82) is 0 Å². The van der Waals surface area contributed by atoms with E-state index < -0.39 is 6.29 Å². The smallest absolute Gasteiger partial charge is 0.221 e. The molecule has 1 atom stereocenters. The van der Waals surface area contributed by atoms with Gasteiger partial charge in [-0.3, -0.25) is 4.79 Å². The maximum absolute atomic E-state index is 10.9. The molecule has 0 saturated heterocycles. The third kappa shape index (κ3) is 5.46. The molecule has 1 amide bonds. The molecule has 5 heteroatoms. The van der Waals surface area contributed by atoms with Crippen LogP contribution >= 0.6 is 0 Å². The molecule has 2 rings (SSSR count). The molecule has 3 N–H and O–H groups in total. The Balaban J connectivity index is 1.72. The zero-order valence-electron chi connectivity index (χ0n) is 12.5. The maximum Gasteiger partial charge on any atom is 0.221 e. The maximum atomic E-state index is 10.9. The molecule has 0 bridgehead atoms. The second kappa shape index (κ2) is 8.05. The molecule has 0 aliphatic rings. The average Bonchev–Trinajstić information content (AvgIpc) is 2.49. The summed E-state index contributed by atoms with van der Waals surface area (Å²) in [5, 5.41) is 15.7. The Kier molecular flexibility index (Phi) is 5.80. The molecule has 0 spiro atoms. The second-order valence-electron chi connectivity index (χ2n) is 4.86. The topological polar surface area (TPSA) is 70.6 Å². The number of nitrogens with one attached hydrogen (secondary N) is 2. The SMILES string of the molecule is CC(=O)Nc1ccc(NCC[C@H](O)Oc2ccccc2)cc1. The van der Waals surface area contributed by atoms with Gasteiger partial charge in [-0.1, -0.05) is 18.2 Å². The Morgan fingerprint density at radius 3 is 2.36 bits per heavy atom. The number of rotatable bonds is 7. The van der Waals surface area contributed by atoms with E-state index in [-0.39, 0.29) is 5.91 Å². The van der Waals surface area contributed by atoms with Crippen LogP contribution in [0.1, 0.15) is 13.3 Å². The zero-order chi connectivity index (χ0) is 15.8. The lowest BCUT2D eigenvalue weighted by Crippen LogP contribution is -2.19. The summed E-state index contributed by atoms with van der Waals surface area (Å²) in [7, 11) is 0. The molecule has 0 aromatic heterocycles. The minimum Gasteiger partial charge on any atom is -0.465 e. The van der Waals surface area contributed by atoms with Crippen LogP contribution < -0.4 is 15.4 Å². The average molecular weight is 300 g/mol. The van der Waals surface area contributed by atoms with Gasteiger partial charge in [0.15, 0.2) is 6.29 Å². The second-order valence-corrected chi connectivity index (χ2v) is 4.86. The Hall–Kier alpha value is -2.53. The van der Waals surface area contributed by atoms with Crippen molar-refractivity contribution in [3.8, 4) is 5.75 Å². The molecule has 0 saturated carbocycles. The first-order valence-electron chi connectivity index (χ1n) is 7.15. The number of anilines is 2. The first kappa shape index (κ1) is 15.9. The number of aliphatic hydroxyl groups excluding tert-OH is 1. The van der Waals surface area contributed by atoms with Crippen molar-refractivity contribution in [2.75, 3.05) is 17.2 Å². The number of hydrogen-bond acceptors (Lipinski definition) is 4. The monoisotopic (exact) mass is 300 g/mol. The highest BCUT2D eigenvalue weighted by Gasteiger charge is 2.05. The number of carbonyl (C=O) groups is 1. The van der Waals surface area contributed by atoms with Crippen molar-refractivity contribution in [3.05, 3.63) is 54.6 Å². The Labute approximate surface area is 129 Å². The molecular weight excluding hydrogens is 280 g/mol. The molecule has 2 aromatic carbocycles. The van der Waals surface area contributed by atoms with E-state index >= 15 is 0 Å². The lowest BCUT2D eigenvalue weighted by molar-refractivity contribution is -0.114. The normalized spacial score (nSPS) is 11.5. The summed E-state index contributed by atoms with van der Waals surface area (Å²) in [5.74, 6) is 0.552. The summed E-state index contributed by atoms with van der Waals surface area (Å²) >= 11 is 0. The molecule has 0 aliphatic carbocycles. The molecule has 0 heterocycles. The third-order valence-electron chi connectivity index (χ3n) is 2.94. The van der Waals surface area contributed by atoms with Gasteiger partial charge in [0.2, 0.25) is 5.91 Å². The fourth-order valence-corrected chi connectivity index (χ4v) is 1.93. The quantitative estimate of drug-likeness (QED) is 0.688. The van der Waals surface area contributed by atoms with Gasteiger partial charge in [-0.2, -0.15) is 0 Å². The van der Waals surface area contributed by atoms with Gasteiger partial charge in [0.25, 0.3) is 0 Å². The Bertz CT molecular complexity index is 585. The van der Waals surface area contributed by atoms with Crippen LogP contribution in [0.5, 0.6) is 5.75 Å². The van der Waals surface area contributed by atoms with E-state index in [1.807, 2.05) is 42.5 Å². The first-order chi connectivity index (χ1) is 10.6. The van der Waals surface area contributed by atoms with Gasteiger partial charge in [-0.25, -0.2) is 0 Å². The van der Waals surface area contributed by atoms with E-state index in [0.717, 1.165) is 11.4 Å². The van der Waals surface area contributed by atoms with Crippen LogP contribution in [0.3, 0.4) is 0 Å². The molecule has 116 valence electrons. The van der Waals surface area contributed by atoms with Crippen LogP contribution in [-0.2, 0) is 4.79 Å². The summed E-state index contributed by atoms with van der Waals surface area (Å²) in [6, 6.07) is 16.6. The van der Waals surface area contributed by atoms with Crippen molar-refractivity contribution < 1.29 is 14.6 Å². The molecule has 22 heavy (non-hydrogen) atoms. The highest BCUT2D eigenvalue weighted by atomic mass is 16.6. The number of amides is 1. The van der Waals surface area contributed by atoms with Gasteiger partial charge in [0.1, 0.15) is 5.75 Å². The fourth-order valence-electron chi connectivity index (χ4n) is 1.93. The van der Waals surface area contributed by atoms with Crippen molar-refractivity contribution >= 4 is 17.3 Å². The van der Waals surface area contributed by atoms with Gasteiger partial charge in [-0.15, -0.1) is 0 Å². The molecule has 2 aromatic rings. The summed E-state index contributed by atoms with van der Waals surface area (Å²) in [6.45, 7) is 2.05. The number of para-hydroxylation sites is 1. The van der Waals surface area contributed by atoms with Gasteiger partial charge < -0.3 is 20.5 Å². The Morgan fingerprint density at radius 2 is 1.73 bits per heavy atom. The Morgan fingerprint density at radius 1 is 1.09 bits per heavy atom. The van der Waals surface area contributed by atoms with E-state index in [1.165, 1.54) is 6.92 Å². The van der Waals surface area contributed by atoms with Gasteiger partial charge in [-0.05, 0) is 36.4 Å². The summed E-state index contributed by atoms with van der Waals surface area (Å²) in [4.78, 5) is 10.9. The molecule has 0 radical (unpaired) electrons. The van der Waals surface area contributed by atoms with Crippen molar-refractivity contribution in [3.63, 3.8) is 0 Å². The molecule has 0 aliphatic heterocycles. The number of benzene rings is 2. The summed E-state index contributed by atoms with van der Waals surface area (Å²) in [6.07, 6.45) is -0.393. The van der Waals surface area contributed by atoms with E-state index in [0.29, 0.717) is 18.7 Å². The number of hydrogen-bond donors (Lipinski definition) is 3. The lowest BCUT2D eigenvalue weighted by Gasteiger charge is -2.14. The molecule has 5 nitrogen and oxygen atoms in total.